The molecule has 24 heavy (non-hydrogen) atoms. The van der Waals surface area contributed by atoms with Crippen molar-refractivity contribution in [3.63, 3.8) is 0 Å². The first-order chi connectivity index (χ1) is 11.6. The Morgan fingerprint density at radius 3 is 2.54 bits per heavy atom. The van der Waals surface area contributed by atoms with E-state index in [-0.39, 0.29) is 11.9 Å². The quantitative estimate of drug-likeness (QED) is 0.884. The summed E-state index contributed by atoms with van der Waals surface area (Å²) in [5.41, 5.74) is -0.166. The third-order valence-electron chi connectivity index (χ3n) is 5.14. The van der Waals surface area contributed by atoms with Gasteiger partial charge in [-0.15, -0.1) is 0 Å². The molecule has 2 fully saturated rings. The topological polar surface area (TPSA) is 52.7 Å². The normalized spacial score (nSPS) is 24.8. The molecule has 0 aromatic heterocycles. The highest BCUT2D eigenvalue weighted by atomic mass is 16.2. The van der Waals surface area contributed by atoms with Gasteiger partial charge in [-0.1, -0.05) is 42.5 Å². The second-order valence-electron chi connectivity index (χ2n) is 6.78. The molecule has 0 aliphatic carbocycles. The molecule has 2 aromatic rings. The number of nitrogens with one attached hydrogen (secondary N) is 1. The van der Waals surface area contributed by atoms with Crippen LogP contribution in [-0.2, 0) is 10.3 Å². The van der Waals surface area contributed by atoms with Gasteiger partial charge in [0, 0.05) is 0 Å². The molecule has 0 spiro atoms. The maximum Gasteiger partial charge on any atom is 0.326 e. The van der Waals surface area contributed by atoms with Crippen LogP contribution in [0.15, 0.2) is 42.5 Å². The maximum absolute atomic E-state index is 13.1. The van der Waals surface area contributed by atoms with Gasteiger partial charge >= 0.3 is 6.03 Å². The molecule has 0 bridgehead atoms. The van der Waals surface area contributed by atoms with Crippen LogP contribution in [0.1, 0.15) is 25.3 Å². The zero-order valence-corrected chi connectivity index (χ0v) is 13.8. The monoisotopic (exact) mass is 323 g/mol. The van der Waals surface area contributed by atoms with Crippen molar-refractivity contribution >= 4 is 22.7 Å². The molecule has 0 radical (unpaired) electrons. The van der Waals surface area contributed by atoms with Crippen molar-refractivity contribution in [1.29, 1.82) is 0 Å². The lowest BCUT2D eigenvalue weighted by atomic mass is 9.88. The molecule has 1 atom stereocenters. The van der Waals surface area contributed by atoms with Gasteiger partial charge in [-0.3, -0.25) is 9.69 Å². The van der Waals surface area contributed by atoms with Crippen molar-refractivity contribution in [3.8, 4) is 0 Å². The number of imide groups is 1. The third kappa shape index (κ3) is 2.27. The zero-order chi connectivity index (χ0) is 16.7. The SMILES string of the molecule is CC1(c2cccc3ccccc23)NC(=O)N(CN2CCCC2)C1=O. The molecule has 5 nitrogen and oxygen atoms in total. The highest BCUT2D eigenvalue weighted by molar-refractivity contribution is 6.09. The Balaban J connectivity index is 1.71. The Morgan fingerprint density at radius 2 is 1.75 bits per heavy atom. The summed E-state index contributed by atoms with van der Waals surface area (Å²) in [5, 5.41) is 4.99. The number of carbonyl (C=O) groups is 2. The Labute approximate surface area is 141 Å². The highest BCUT2D eigenvalue weighted by Crippen LogP contribution is 2.34. The van der Waals surface area contributed by atoms with Gasteiger partial charge in [-0.25, -0.2) is 9.69 Å². The number of nitrogens with zero attached hydrogens (tertiary/aromatic N) is 2. The van der Waals surface area contributed by atoms with E-state index >= 15 is 0 Å². The van der Waals surface area contributed by atoms with Gasteiger partial charge in [-0.2, -0.15) is 0 Å². The Hall–Kier alpha value is -2.40. The van der Waals surface area contributed by atoms with E-state index in [4.69, 9.17) is 0 Å². The number of benzene rings is 2. The molecule has 2 saturated heterocycles. The van der Waals surface area contributed by atoms with Crippen LogP contribution in [0.3, 0.4) is 0 Å². The van der Waals surface area contributed by atoms with E-state index in [1.807, 2.05) is 42.5 Å². The first-order valence-electron chi connectivity index (χ1n) is 8.44. The average Bonchev–Trinajstić information content (AvgIpc) is 3.18. The molecule has 5 heteroatoms. The maximum atomic E-state index is 13.1. The third-order valence-corrected chi connectivity index (χ3v) is 5.14. The number of rotatable bonds is 3. The molecule has 124 valence electrons. The smallest absolute Gasteiger partial charge is 0.319 e. The van der Waals surface area contributed by atoms with E-state index in [9.17, 15) is 9.59 Å². The standard InChI is InChI=1S/C19H21N3O2/c1-19(16-10-6-8-14-7-2-3-9-15(14)16)17(23)22(18(24)20-19)13-21-11-4-5-12-21/h2-3,6-10H,4-5,11-13H2,1H3,(H,20,24). The Kier molecular flexibility index (Phi) is 3.53. The predicted molar refractivity (Wildman–Crippen MR) is 92.4 cm³/mol. The summed E-state index contributed by atoms with van der Waals surface area (Å²) in [6, 6.07) is 13.5. The second-order valence-corrected chi connectivity index (χ2v) is 6.78. The van der Waals surface area contributed by atoms with Crippen molar-refractivity contribution in [2.24, 2.45) is 0 Å². The minimum absolute atomic E-state index is 0.171. The second kappa shape index (κ2) is 5.60. The number of amides is 3. The van der Waals surface area contributed by atoms with Crippen LogP contribution >= 0.6 is 0 Å². The average molecular weight is 323 g/mol. The fourth-order valence-corrected chi connectivity index (χ4v) is 3.79. The van der Waals surface area contributed by atoms with Crippen molar-refractivity contribution in [1.82, 2.24) is 15.1 Å². The van der Waals surface area contributed by atoms with Crippen LogP contribution in [0.2, 0.25) is 0 Å². The van der Waals surface area contributed by atoms with Gasteiger partial charge in [0.2, 0.25) is 0 Å². The summed E-state index contributed by atoms with van der Waals surface area (Å²) in [6.45, 7) is 4.08. The minimum atomic E-state index is -1.02. The van der Waals surface area contributed by atoms with Crippen LogP contribution in [0.5, 0.6) is 0 Å². The number of likely N-dealkylation sites (tertiary alicyclic amines) is 1. The zero-order valence-electron chi connectivity index (χ0n) is 13.8. The molecule has 1 N–H and O–H groups in total. The number of carbonyl (C=O) groups excluding carboxylic acids is 2. The minimum Gasteiger partial charge on any atom is -0.319 e. The van der Waals surface area contributed by atoms with Gasteiger partial charge in [0.25, 0.3) is 5.91 Å². The van der Waals surface area contributed by atoms with Crippen molar-refractivity contribution in [3.05, 3.63) is 48.0 Å². The summed E-state index contributed by atoms with van der Waals surface area (Å²) in [5.74, 6) is -0.171. The van der Waals surface area contributed by atoms with Crippen molar-refractivity contribution in [2.45, 2.75) is 25.3 Å². The lowest BCUT2D eigenvalue weighted by Crippen LogP contribution is -2.43. The molecule has 1 unspecified atom stereocenters. The molecule has 2 aromatic carbocycles. The molecule has 4 rings (SSSR count). The van der Waals surface area contributed by atoms with Gasteiger partial charge in [-0.05, 0) is 49.2 Å². The number of urea groups is 1. The van der Waals surface area contributed by atoms with E-state index in [2.05, 4.69) is 10.2 Å². The highest BCUT2D eigenvalue weighted by Gasteiger charge is 2.49. The van der Waals surface area contributed by atoms with Crippen LogP contribution in [0.25, 0.3) is 10.8 Å². The van der Waals surface area contributed by atoms with Crippen LogP contribution in [-0.4, -0.2) is 41.5 Å². The van der Waals surface area contributed by atoms with Crippen molar-refractivity contribution < 1.29 is 9.59 Å². The van der Waals surface area contributed by atoms with E-state index in [1.165, 1.54) is 4.90 Å². The van der Waals surface area contributed by atoms with E-state index in [1.54, 1.807) is 6.92 Å². The van der Waals surface area contributed by atoms with Crippen molar-refractivity contribution in [2.75, 3.05) is 19.8 Å². The van der Waals surface area contributed by atoms with E-state index in [0.717, 1.165) is 42.3 Å². The first-order valence-corrected chi connectivity index (χ1v) is 8.44. The lowest BCUT2D eigenvalue weighted by molar-refractivity contribution is -0.132. The molecule has 3 amide bonds. The summed E-state index contributed by atoms with van der Waals surface area (Å²) in [7, 11) is 0. The largest absolute Gasteiger partial charge is 0.326 e. The molecule has 0 saturated carbocycles. The molecular formula is C19H21N3O2. The van der Waals surface area contributed by atoms with Crippen LogP contribution in [0.4, 0.5) is 4.79 Å². The van der Waals surface area contributed by atoms with Crippen LogP contribution < -0.4 is 5.32 Å². The summed E-state index contributed by atoms with van der Waals surface area (Å²) >= 11 is 0. The van der Waals surface area contributed by atoms with Gasteiger partial charge in [0.1, 0.15) is 5.54 Å². The number of fused-ring (bicyclic) bond motifs is 1. The van der Waals surface area contributed by atoms with Crippen LogP contribution in [0, 0.1) is 0 Å². The fourth-order valence-electron chi connectivity index (χ4n) is 3.79. The summed E-state index contributed by atoms with van der Waals surface area (Å²) in [4.78, 5) is 29.1. The van der Waals surface area contributed by atoms with E-state index in [0.29, 0.717) is 6.67 Å². The Morgan fingerprint density at radius 1 is 1.04 bits per heavy atom. The Bertz CT molecular complexity index is 808. The van der Waals surface area contributed by atoms with Gasteiger partial charge in [0.15, 0.2) is 0 Å². The van der Waals surface area contributed by atoms with Gasteiger partial charge in [0.05, 0.1) is 6.67 Å². The molecule has 2 aliphatic rings. The number of hydrogen-bond acceptors (Lipinski definition) is 3. The summed E-state index contributed by atoms with van der Waals surface area (Å²) in [6.07, 6.45) is 2.26. The summed E-state index contributed by atoms with van der Waals surface area (Å²) < 4.78 is 0. The molecular weight excluding hydrogens is 302 g/mol. The molecule has 2 heterocycles. The lowest BCUT2D eigenvalue weighted by Gasteiger charge is -2.25. The van der Waals surface area contributed by atoms with E-state index < -0.39 is 5.54 Å². The van der Waals surface area contributed by atoms with Gasteiger partial charge < -0.3 is 5.32 Å². The predicted octanol–water partition coefficient (Wildman–Crippen LogP) is 2.66. The first kappa shape index (κ1) is 15.1. The fraction of sp³-hybridized carbons (Fsp3) is 0.368. The molecule has 2 aliphatic heterocycles. The number of hydrogen-bond donors (Lipinski definition) is 1.